The van der Waals surface area contributed by atoms with Crippen LogP contribution < -0.4 is 16.6 Å². The molecule has 0 fully saturated rings. The van der Waals surface area contributed by atoms with Gasteiger partial charge in [0.05, 0.1) is 23.2 Å². The first-order valence-corrected chi connectivity index (χ1v) is 8.91. The van der Waals surface area contributed by atoms with Gasteiger partial charge in [0.1, 0.15) is 11.6 Å². The highest BCUT2D eigenvalue weighted by atomic mass is 16.5. The van der Waals surface area contributed by atoms with Gasteiger partial charge in [0, 0.05) is 19.8 Å². The summed E-state index contributed by atoms with van der Waals surface area (Å²) in [4.78, 5) is 38.3. The van der Waals surface area contributed by atoms with Crippen LogP contribution in [0.15, 0.2) is 45.1 Å². The molecule has 0 saturated carbocycles. The number of allylic oxidation sites excluding steroid dienone is 1. The summed E-state index contributed by atoms with van der Waals surface area (Å²) < 4.78 is 7.77. The minimum Gasteiger partial charge on any atom is -0.508 e. The molecule has 0 unspecified atom stereocenters. The number of phenols is 1. The van der Waals surface area contributed by atoms with E-state index in [-0.39, 0.29) is 17.4 Å². The van der Waals surface area contributed by atoms with E-state index >= 15 is 0 Å². The lowest BCUT2D eigenvalue weighted by atomic mass is 9.82. The maximum absolute atomic E-state index is 13.0. The molecule has 8 heteroatoms. The van der Waals surface area contributed by atoms with Gasteiger partial charge >= 0.3 is 11.7 Å². The molecule has 3 rings (SSSR count). The molecule has 1 atom stereocenters. The summed E-state index contributed by atoms with van der Waals surface area (Å²) in [6.07, 6.45) is -0.336. The number of ether oxygens (including phenoxy) is 1. The Morgan fingerprint density at radius 1 is 1.14 bits per heavy atom. The number of nitrogens with zero attached hydrogens (tertiary/aromatic N) is 2. The smallest absolute Gasteiger partial charge is 0.337 e. The Balaban J connectivity index is 2.35. The molecule has 0 saturated heterocycles. The first kappa shape index (κ1) is 19.5. The Bertz CT molecular complexity index is 1090. The molecule has 148 valence electrons. The molecular weight excluding hydrogens is 362 g/mol. The molecule has 2 N–H and O–H groups in total. The Kier molecular flexibility index (Phi) is 4.89. The van der Waals surface area contributed by atoms with Crippen LogP contribution in [-0.2, 0) is 23.6 Å². The zero-order chi connectivity index (χ0) is 20.7. The van der Waals surface area contributed by atoms with Gasteiger partial charge in [-0.05, 0) is 38.5 Å². The van der Waals surface area contributed by atoms with Crippen molar-refractivity contribution in [1.82, 2.24) is 9.13 Å². The zero-order valence-electron chi connectivity index (χ0n) is 16.4. The summed E-state index contributed by atoms with van der Waals surface area (Å²) in [5.74, 6) is -0.878. The second-order valence-electron chi connectivity index (χ2n) is 7.11. The van der Waals surface area contributed by atoms with Crippen LogP contribution in [0.3, 0.4) is 0 Å². The summed E-state index contributed by atoms with van der Waals surface area (Å²) in [6.45, 7) is 5.20. The molecule has 8 nitrogen and oxygen atoms in total. The van der Waals surface area contributed by atoms with Gasteiger partial charge in [-0.25, -0.2) is 9.59 Å². The number of benzene rings is 1. The van der Waals surface area contributed by atoms with Crippen LogP contribution in [0.25, 0.3) is 0 Å². The number of aromatic hydroxyl groups is 1. The number of carbonyl (C=O) groups is 1. The first-order chi connectivity index (χ1) is 13.1. The van der Waals surface area contributed by atoms with Crippen molar-refractivity contribution in [3.05, 3.63) is 67.5 Å². The number of rotatable bonds is 3. The highest BCUT2D eigenvalue weighted by molar-refractivity contribution is 5.94. The molecule has 1 aliphatic heterocycles. The molecule has 2 aromatic rings. The van der Waals surface area contributed by atoms with E-state index in [9.17, 15) is 19.5 Å². The summed E-state index contributed by atoms with van der Waals surface area (Å²) in [5.41, 5.74) is 0.734. The van der Waals surface area contributed by atoms with Crippen LogP contribution in [0, 0.1) is 0 Å². The molecule has 28 heavy (non-hydrogen) atoms. The Labute approximate surface area is 161 Å². The van der Waals surface area contributed by atoms with Gasteiger partial charge in [-0.1, -0.05) is 12.1 Å². The fraction of sp³-hybridized carbons (Fsp3) is 0.350. The number of aromatic nitrogens is 2. The van der Waals surface area contributed by atoms with Crippen LogP contribution in [0.2, 0.25) is 0 Å². The third kappa shape index (κ3) is 3.11. The summed E-state index contributed by atoms with van der Waals surface area (Å²) >= 11 is 0. The van der Waals surface area contributed by atoms with Gasteiger partial charge < -0.3 is 15.2 Å². The number of fused-ring (bicyclic) bond motifs is 1. The Hall–Kier alpha value is -3.29. The third-order valence-corrected chi connectivity index (χ3v) is 4.78. The van der Waals surface area contributed by atoms with Crippen molar-refractivity contribution < 1.29 is 14.6 Å². The standard InChI is InChI=1S/C20H23N3O5/c1-10(2)28-19(26)14-11(3)21-17-16(18(25)23(5)20(27)22(17)4)15(14)12-6-8-13(24)9-7-12/h6-10,15,21,24H,1-5H3/t15-/m0/s1. The van der Waals surface area contributed by atoms with Crippen LogP contribution in [0.4, 0.5) is 5.82 Å². The molecule has 0 amide bonds. The maximum Gasteiger partial charge on any atom is 0.337 e. The van der Waals surface area contributed by atoms with Crippen LogP contribution in [0.1, 0.15) is 37.8 Å². The summed E-state index contributed by atoms with van der Waals surface area (Å²) in [6, 6.07) is 6.28. The van der Waals surface area contributed by atoms with Crippen molar-refractivity contribution in [2.75, 3.05) is 5.32 Å². The van der Waals surface area contributed by atoms with Gasteiger partial charge in [0.2, 0.25) is 0 Å². The number of phenolic OH excluding ortho intramolecular Hbond substituents is 1. The van der Waals surface area contributed by atoms with Gasteiger partial charge in [-0.15, -0.1) is 0 Å². The van der Waals surface area contributed by atoms with E-state index in [1.54, 1.807) is 40.0 Å². The predicted molar refractivity (Wildman–Crippen MR) is 104 cm³/mol. The SMILES string of the molecule is CC1=C(C(=O)OC(C)C)[C@H](c2ccc(O)cc2)c2c(n(C)c(=O)n(C)c2=O)N1. The lowest BCUT2D eigenvalue weighted by Gasteiger charge is -2.31. The highest BCUT2D eigenvalue weighted by Gasteiger charge is 2.37. The molecule has 1 aromatic heterocycles. The average Bonchev–Trinajstić information content (AvgIpc) is 2.63. The lowest BCUT2D eigenvalue weighted by molar-refractivity contribution is -0.143. The van der Waals surface area contributed by atoms with Crippen molar-refractivity contribution in [2.24, 2.45) is 14.1 Å². The number of hydrogen-bond acceptors (Lipinski definition) is 6. The minimum atomic E-state index is -0.742. The number of esters is 1. The van der Waals surface area contributed by atoms with E-state index in [0.717, 1.165) is 4.57 Å². The summed E-state index contributed by atoms with van der Waals surface area (Å²) in [5, 5.41) is 12.7. The maximum atomic E-state index is 13.0. The number of anilines is 1. The van der Waals surface area contributed by atoms with Crippen molar-refractivity contribution in [3.8, 4) is 5.75 Å². The van der Waals surface area contributed by atoms with E-state index < -0.39 is 23.1 Å². The topological polar surface area (TPSA) is 103 Å². The minimum absolute atomic E-state index is 0.0679. The van der Waals surface area contributed by atoms with Gasteiger partial charge in [0.15, 0.2) is 0 Å². The van der Waals surface area contributed by atoms with E-state index in [0.29, 0.717) is 22.7 Å². The fourth-order valence-corrected chi connectivity index (χ4v) is 3.44. The highest BCUT2D eigenvalue weighted by Crippen LogP contribution is 2.40. The van der Waals surface area contributed by atoms with Crippen molar-refractivity contribution in [3.63, 3.8) is 0 Å². The molecule has 0 spiro atoms. The second kappa shape index (κ2) is 7.03. The molecule has 0 radical (unpaired) electrons. The van der Waals surface area contributed by atoms with E-state index in [1.165, 1.54) is 23.7 Å². The molecule has 1 aliphatic rings. The molecule has 1 aromatic carbocycles. The Morgan fingerprint density at radius 3 is 2.32 bits per heavy atom. The van der Waals surface area contributed by atoms with Gasteiger partial charge in [-0.3, -0.25) is 13.9 Å². The predicted octanol–water partition coefficient (Wildman–Crippen LogP) is 1.57. The van der Waals surface area contributed by atoms with Gasteiger partial charge in [-0.2, -0.15) is 0 Å². The van der Waals surface area contributed by atoms with E-state index in [4.69, 9.17) is 4.74 Å². The lowest BCUT2D eigenvalue weighted by Crippen LogP contribution is -2.43. The van der Waals surface area contributed by atoms with Crippen molar-refractivity contribution in [1.29, 1.82) is 0 Å². The van der Waals surface area contributed by atoms with Crippen LogP contribution in [-0.4, -0.2) is 26.3 Å². The quantitative estimate of drug-likeness (QED) is 0.778. The van der Waals surface area contributed by atoms with Gasteiger partial charge in [0.25, 0.3) is 5.56 Å². The third-order valence-electron chi connectivity index (χ3n) is 4.78. The number of hydrogen-bond donors (Lipinski definition) is 2. The normalized spacial score (nSPS) is 16.0. The Morgan fingerprint density at radius 2 is 1.75 bits per heavy atom. The van der Waals surface area contributed by atoms with Crippen molar-refractivity contribution in [2.45, 2.75) is 32.8 Å². The fourth-order valence-electron chi connectivity index (χ4n) is 3.44. The van der Waals surface area contributed by atoms with E-state index in [1.807, 2.05) is 0 Å². The van der Waals surface area contributed by atoms with E-state index in [2.05, 4.69) is 5.32 Å². The average molecular weight is 385 g/mol. The second-order valence-corrected chi connectivity index (χ2v) is 7.11. The first-order valence-electron chi connectivity index (χ1n) is 8.91. The van der Waals surface area contributed by atoms with Crippen LogP contribution >= 0.6 is 0 Å². The number of nitrogens with one attached hydrogen (secondary N) is 1. The molecule has 0 bridgehead atoms. The van der Waals surface area contributed by atoms with Crippen molar-refractivity contribution >= 4 is 11.8 Å². The molecule has 0 aliphatic carbocycles. The number of carbonyl (C=O) groups excluding carboxylic acids is 1. The summed E-state index contributed by atoms with van der Waals surface area (Å²) in [7, 11) is 2.96. The monoisotopic (exact) mass is 385 g/mol. The molecule has 2 heterocycles. The molecular formula is C20H23N3O5. The largest absolute Gasteiger partial charge is 0.508 e. The van der Waals surface area contributed by atoms with Crippen LogP contribution in [0.5, 0.6) is 5.75 Å². The zero-order valence-corrected chi connectivity index (χ0v) is 16.4.